The van der Waals surface area contributed by atoms with E-state index in [4.69, 9.17) is 20.6 Å². The van der Waals surface area contributed by atoms with Crippen molar-refractivity contribution in [3.05, 3.63) is 285 Å². The summed E-state index contributed by atoms with van der Waals surface area (Å²) in [5.41, 5.74) is 22.2. The molecule has 22 nitrogen and oxygen atoms in total. The minimum atomic E-state index is -0.0566. The first kappa shape index (κ1) is 78.9. The SMILES string of the molecule is CC(=NCc1nc2ccccc2s1)c1cccc(CN)n1.CC(=NCc1nc2ccccc2s1)c1cccc(CO)n1.CC(=NCc1nc2ccccc2s1)c1cccc(OCCN(C)C)n1.CC(=NCc1nc2ccncc2s1)c1ccccn1.CNCCn1c(CN=C(C)c2ccccn2)nc2ccccc21. The van der Waals surface area contributed by atoms with Crippen LogP contribution in [0.2, 0.25) is 0 Å². The third-order valence-corrected chi connectivity index (χ3v) is 20.6. The van der Waals surface area contributed by atoms with Crippen molar-refractivity contribution < 1.29 is 9.84 Å². The molecular formula is C83H86N20O2S4. The van der Waals surface area contributed by atoms with E-state index in [1.54, 1.807) is 70.0 Å². The molecule has 0 aliphatic carbocycles. The largest absolute Gasteiger partial charge is 0.476 e. The molecule has 11 heterocycles. The summed E-state index contributed by atoms with van der Waals surface area (Å²) in [6, 6.07) is 63.4. The Morgan fingerprint density at radius 3 is 1.33 bits per heavy atom. The first-order valence-electron chi connectivity index (χ1n) is 35.4. The first-order chi connectivity index (χ1) is 53.2. The lowest BCUT2D eigenvalue weighted by Gasteiger charge is -2.10. The molecule has 26 heteroatoms. The third-order valence-electron chi connectivity index (χ3n) is 16.5. The van der Waals surface area contributed by atoms with E-state index in [9.17, 15) is 0 Å². The van der Waals surface area contributed by atoms with Crippen LogP contribution in [0.4, 0.5) is 0 Å². The van der Waals surface area contributed by atoms with Crippen LogP contribution in [0.3, 0.4) is 0 Å². The van der Waals surface area contributed by atoms with Gasteiger partial charge in [-0.1, -0.05) is 78.9 Å². The molecule has 0 spiro atoms. The Kier molecular flexibility index (Phi) is 29.4. The lowest BCUT2D eigenvalue weighted by molar-refractivity contribution is 0.254. The Morgan fingerprint density at radius 1 is 0.440 bits per heavy atom. The lowest BCUT2D eigenvalue weighted by Crippen LogP contribution is -2.19. The van der Waals surface area contributed by atoms with E-state index < -0.39 is 0 Å². The summed E-state index contributed by atoms with van der Waals surface area (Å²) in [4.78, 5) is 74.2. The predicted molar refractivity (Wildman–Crippen MR) is 449 cm³/mol. The van der Waals surface area contributed by atoms with Crippen molar-refractivity contribution in [2.75, 3.05) is 40.8 Å². The molecule has 11 aromatic heterocycles. The van der Waals surface area contributed by atoms with Crippen LogP contribution in [0.5, 0.6) is 5.88 Å². The number of aliphatic hydroxyl groups excluding tert-OH is 1. The Morgan fingerprint density at radius 2 is 0.862 bits per heavy atom. The van der Waals surface area contributed by atoms with Crippen molar-refractivity contribution in [2.45, 2.75) is 87.0 Å². The molecule has 0 saturated heterocycles. The number of fused-ring (bicyclic) bond motifs is 5. The van der Waals surface area contributed by atoms with Crippen molar-refractivity contribution in [3.63, 3.8) is 0 Å². The van der Waals surface area contributed by atoms with Crippen molar-refractivity contribution in [2.24, 2.45) is 30.7 Å². The number of thiazole rings is 4. The van der Waals surface area contributed by atoms with Gasteiger partial charge in [0.05, 0.1) is 160 Å². The Hall–Kier alpha value is -11.2. The van der Waals surface area contributed by atoms with Crippen LogP contribution >= 0.6 is 45.3 Å². The number of nitrogens with one attached hydrogen (secondary N) is 1. The van der Waals surface area contributed by atoms with Gasteiger partial charge in [-0.3, -0.25) is 44.9 Å². The van der Waals surface area contributed by atoms with Gasteiger partial charge in [-0.2, -0.15) is 0 Å². The minimum absolute atomic E-state index is 0.0566. The fourth-order valence-electron chi connectivity index (χ4n) is 10.7. The molecule has 0 aliphatic heterocycles. The molecule has 0 fully saturated rings. The number of aliphatic imine (C=N–C) groups is 5. The van der Waals surface area contributed by atoms with Crippen molar-refractivity contribution in [3.8, 4) is 5.88 Å². The van der Waals surface area contributed by atoms with Crippen LogP contribution < -0.4 is 15.8 Å². The molecule has 554 valence electrons. The standard InChI is InChI=1S/C19H22N4OS.C18H21N5.C16H16N4S.C16H15N3OS.C14H12N4S/c1-14(15-8-6-10-18(21-15)24-12-11-23(2)3)20-13-19-22-16-7-4-5-9-17(16)25-19;1-14(15-7-5-6-10-20-15)21-13-18-22-16-8-3-4-9-17(16)23(18)12-11-19-2;1-11(13-7-4-5-12(9-17)19-13)18-10-16-20-14-6-2-3-8-15(14)21-16;1-11(13-7-4-5-12(10-20)18-13)17-9-16-19-14-6-2-3-8-15(14)21-16;1-10(11-4-2-3-6-16-11)17-9-14-18-12-5-7-15-8-13(12)19-14/h4-10H,11-13H2,1-3H3;3-10,19H,11-13H2,1-2H3;2-8H,9-10,17H2,1H3;2-8,20H,9-10H2,1H3;2-8H,9H2,1H3. The number of hydrogen-bond donors (Lipinski definition) is 3. The molecule has 0 bridgehead atoms. The number of aromatic nitrogens is 12. The smallest absolute Gasteiger partial charge is 0.213 e. The number of rotatable bonds is 24. The van der Waals surface area contributed by atoms with Gasteiger partial charge in [0.2, 0.25) is 5.88 Å². The van der Waals surface area contributed by atoms with Gasteiger partial charge in [0.25, 0.3) is 0 Å². The third kappa shape index (κ3) is 23.4. The van der Waals surface area contributed by atoms with E-state index in [0.29, 0.717) is 57.4 Å². The zero-order valence-electron chi connectivity index (χ0n) is 62.2. The molecule has 109 heavy (non-hydrogen) atoms. The Labute approximate surface area is 650 Å². The average molecular weight is 1520 g/mol. The van der Waals surface area contributed by atoms with Crippen molar-refractivity contribution in [1.29, 1.82) is 0 Å². The van der Waals surface area contributed by atoms with Gasteiger partial charge in [-0.15, -0.1) is 45.3 Å². The second-order valence-electron chi connectivity index (χ2n) is 24.8. The highest BCUT2D eigenvalue weighted by Gasteiger charge is 2.13. The molecule has 0 radical (unpaired) electrons. The van der Waals surface area contributed by atoms with Crippen molar-refractivity contribution in [1.82, 2.24) is 69.6 Å². The highest BCUT2D eigenvalue weighted by molar-refractivity contribution is 7.19. The highest BCUT2D eigenvalue weighted by atomic mass is 32.1. The first-order valence-corrected chi connectivity index (χ1v) is 38.7. The molecule has 0 aliphatic rings. The van der Waals surface area contributed by atoms with Crippen LogP contribution in [0.1, 0.15) is 100 Å². The minimum Gasteiger partial charge on any atom is -0.476 e. The summed E-state index contributed by atoms with van der Waals surface area (Å²) in [6.07, 6.45) is 7.16. The summed E-state index contributed by atoms with van der Waals surface area (Å²) < 4.78 is 12.6. The van der Waals surface area contributed by atoms with Crippen LogP contribution in [0.25, 0.3) is 51.9 Å². The number of pyridine rings is 6. The number of nitrogens with two attached hydrogens (primary N) is 1. The second kappa shape index (κ2) is 40.7. The maximum Gasteiger partial charge on any atom is 0.213 e. The topological polar surface area (TPSA) is 279 Å². The quantitative estimate of drug-likeness (QED) is 0.0474. The molecule has 0 saturated carbocycles. The van der Waals surface area contributed by atoms with Gasteiger partial charge in [0.15, 0.2) is 0 Å². The molecular weight excluding hydrogens is 1440 g/mol. The summed E-state index contributed by atoms with van der Waals surface area (Å²) in [6.45, 7) is 16.3. The fourth-order valence-corrected chi connectivity index (χ4v) is 14.2. The van der Waals surface area contributed by atoms with E-state index >= 15 is 0 Å². The number of para-hydroxylation sites is 5. The number of likely N-dealkylation sites (N-methyl/N-ethyl adjacent to an activating group) is 2. The van der Waals surface area contributed by atoms with E-state index in [1.165, 1.54) is 14.1 Å². The van der Waals surface area contributed by atoms with Gasteiger partial charge in [0.1, 0.15) is 32.5 Å². The normalized spacial score (nSPS) is 12.0. The monoisotopic (exact) mass is 1520 g/mol. The van der Waals surface area contributed by atoms with Crippen LogP contribution in [-0.4, -0.2) is 139 Å². The zero-order chi connectivity index (χ0) is 76.1. The maximum absolute atomic E-state index is 9.12. The van der Waals surface area contributed by atoms with E-state index in [1.807, 2.05) is 226 Å². The fraction of sp³-hybridized carbons (Fsp3) is 0.229. The molecule has 4 N–H and O–H groups in total. The highest BCUT2D eigenvalue weighted by Crippen LogP contribution is 2.26. The van der Waals surface area contributed by atoms with Gasteiger partial charge in [0, 0.05) is 57.0 Å². The maximum atomic E-state index is 9.12. The van der Waals surface area contributed by atoms with Gasteiger partial charge < -0.3 is 30.4 Å². The average Bonchev–Trinajstić information content (AvgIpc) is 1.67. The lowest BCUT2D eigenvalue weighted by atomic mass is 10.2. The number of nitrogens with zero attached hydrogens (tertiary/aromatic N) is 18. The van der Waals surface area contributed by atoms with Crippen LogP contribution in [0, 0.1) is 0 Å². The van der Waals surface area contributed by atoms with E-state index in [2.05, 4.69) is 114 Å². The van der Waals surface area contributed by atoms with Gasteiger partial charge >= 0.3 is 0 Å². The number of imidazole rings is 1. The summed E-state index contributed by atoms with van der Waals surface area (Å²) in [5.74, 6) is 1.62. The number of hydrogen-bond acceptors (Lipinski definition) is 25. The van der Waals surface area contributed by atoms with Gasteiger partial charge in [-0.25, -0.2) is 34.9 Å². The molecule has 4 aromatic carbocycles. The zero-order valence-corrected chi connectivity index (χ0v) is 65.4. The van der Waals surface area contributed by atoms with Gasteiger partial charge in [-0.05, 0) is 165 Å². The second-order valence-corrected chi connectivity index (χ2v) is 29.3. The molecule has 0 unspecified atom stereocenters. The Balaban J connectivity index is 0.000000136. The number of aliphatic hydroxyl groups is 1. The molecule has 0 atom stereocenters. The summed E-state index contributed by atoms with van der Waals surface area (Å²) in [5, 5.41) is 16.3. The van der Waals surface area contributed by atoms with E-state index in [-0.39, 0.29) is 6.61 Å². The van der Waals surface area contributed by atoms with Crippen LogP contribution in [-0.2, 0) is 52.4 Å². The van der Waals surface area contributed by atoms with Crippen molar-refractivity contribution >= 4 is 126 Å². The summed E-state index contributed by atoms with van der Waals surface area (Å²) >= 11 is 6.66. The summed E-state index contributed by atoms with van der Waals surface area (Å²) in [7, 11) is 6.00. The Bertz CT molecular complexity index is 5300. The van der Waals surface area contributed by atoms with E-state index in [0.717, 1.165) is 146 Å². The molecule has 15 rings (SSSR count). The molecule has 15 aromatic rings. The number of ether oxygens (including phenoxy) is 1. The van der Waals surface area contributed by atoms with Crippen LogP contribution in [0.15, 0.2) is 244 Å². The molecule has 0 amide bonds. The number of benzene rings is 4. The predicted octanol–water partition coefficient (Wildman–Crippen LogP) is 15.7.